The van der Waals surface area contributed by atoms with Crippen LogP contribution in [0.15, 0.2) is 0 Å². The Kier molecular flexibility index (Phi) is 4.22. The van der Waals surface area contributed by atoms with E-state index in [2.05, 4.69) is 12.6 Å². The minimum atomic E-state index is -3.72. The van der Waals surface area contributed by atoms with Crippen molar-refractivity contribution in [2.45, 2.75) is 30.0 Å². The topological polar surface area (TPSA) is 94.6 Å². The smallest absolute Gasteiger partial charge is 0.548 e. The SMILES string of the molecule is CC1(C)[C@@H](C(=O)[O-])N2C(=O)[C@@H](CS)[C@H]2S1(=O)=O.[Na+]. The molecule has 0 aromatic rings. The minimum Gasteiger partial charge on any atom is -0.548 e. The molecule has 0 unspecified atom stereocenters. The molecule has 2 heterocycles. The molecule has 0 radical (unpaired) electrons. The fourth-order valence-electron chi connectivity index (χ4n) is 2.56. The Hall–Kier alpha value is 0.240. The Labute approximate surface area is 133 Å². The third-order valence-corrected chi connectivity index (χ3v) is 6.87. The van der Waals surface area contributed by atoms with Crippen LogP contribution in [-0.2, 0) is 19.4 Å². The Balaban J connectivity index is 0.00000162. The first-order valence-electron chi connectivity index (χ1n) is 5.05. The third kappa shape index (κ3) is 1.69. The summed E-state index contributed by atoms with van der Waals surface area (Å²) in [7, 11) is -3.72. The molecule has 2 saturated heterocycles. The Bertz CT molecular complexity index is 503. The van der Waals surface area contributed by atoms with Gasteiger partial charge in [0.1, 0.15) is 5.37 Å². The summed E-state index contributed by atoms with van der Waals surface area (Å²) < 4.78 is 22.8. The predicted molar refractivity (Wildman–Crippen MR) is 59.8 cm³/mol. The molecule has 0 aromatic heterocycles. The standard InChI is InChI=1S/C9H13NO5S2.Na/c1-9(2)5(8(12)13)10-6(11)4(3-16)7(10)17(9,14)15;/h4-5,7,16H,3H2,1-2H3,(H,12,13);/q;+1/p-1/t4-,5-,7-;/m1./s1. The molecule has 18 heavy (non-hydrogen) atoms. The van der Waals surface area contributed by atoms with Crippen molar-refractivity contribution in [3.63, 3.8) is 0 Å². The zero-order valence-electron chi connectivity index (χ0n) is 10.3. The first-order chi connectivity index (χ1) is 7.67. The van der Waals surface area contributed by atoms with E-state index in [-0.39, 0.29) is 35.3 Å². The van der Waals surface area contributed by atoms with E-state index >= 15 is 0 Å². The van der Waals surface area contributed by atoms with Crippen molar-refractivity contribution >= 4 is 34.3 Å². The van der Waals surface area contributed by atoms with E-state index in [1.165, 1.54) is 13.8 Å². The number of fused-ring (bicyclic) bond motifs is 1. The van der Waals surface area contributed by atoms with Crippen LogP contribution in [0.4, 0.5) is 0 Å². The fourth-order valence-corrected chi connectivity index (χ4v) is 5.37. The van der Waals surface area contributed by atoms with E-state index in [9.17, 15) is 23.1 Å². The van der Waals surface area contributed by atoms with Crippen LogP contribution in [0.1, 0.15) is 13.8 Å². The molecule has 2 aliphatic heterocycles. The summed E-state index contributed by atoms with van der Waals surface area (Å²) in [5, 5.41) is 9.98. The number of sulfone groups is 1. The first-order valence-corrected chi connectivity index (χ1v) is 7.23. The Morgan fingerprint density at radius 1 is 1.50 bits per heavy atom. The molecule has 0 spiro atoms. The summed E-state index contributed by atoms with van der Waals surface area (Å²) in [5.74, 6) is -2.66. The second-order valence-corrected chi connectivity index (χ2v) is 7.79. The van der Waals surface area contributed by atoms with E-state index in [0.29, 0.717) is 0 Å². The maximum Gasteiger partial charge on any atom is 1.00 e. The van der Waals surface area contributed by atoms with Crippen LogP contribution in [0.3, 0.4) is 0 Å². The number of hydrogen-bond donors (Lipinski definition) is 1. The molecule has 9 heteroatoms. The largest absolute Gasteiger partial charge is 1.00 e. The number of carbonyl (C=O) groups is 2. The maximum atomic E-state index is 12.2. The van der Waals surface area contributed by atoms with Gasteiger partial charge in [0.2, 0.25) is 5.91 Å². The molecule has 2 fully saturated rings. The van der Waals surface area contributed by atoms with Crippen LogP contribution >= 0.6 is 12.6 Å². The van der Waals surface area contributed by atoms with Crippen molar-refractivity contribution in [1.82, 2.24) is 4.90 Å². The first kappa shape index (κ1) is 16.3. The van der Waals surface area contributed by atoms with Crippen LogP contribution in [0.25, 0.3) is 0 Å². The molecule has 96 valence electrons. The molecule has 3 atom stereocenters. The van der Waals surface area contributed by atoms with Gasteiger partial charge in [-0.3, -0.25) is 4.79 Å². The predicted octanol–water partition coefficient (Wildman–Crippen LogP) is -4.97. The molecular weight excluding hydrogens is 289 g/mol. The van der Waals surface area contributed by atoms with Gasteiger partial charge in [0.15, 0.2) is 9.84 Å². The minimum absolute atomic E-state index is 0. The number of carbonyl (C=O) groups excluding carboxylic acids is 2. The van der Waals surface area contributed by atoms with Crippen molar-refractivity contribution < 1.29 is 52.7 Å². The van der Waals surface area contributed by atoms with Crippen molar-refractivity contribution in [1.29, 1.82) is 0 Å². The van der Waals surface area contributed by atoms with Gasteiger partial charge in [-0.15, -0.1) is 0 Å². The van der Waals surface area contributed by atoms with Crippen molar-refractivity contribution in [2.75, 3.05) is 5.75 Å². The zero-order chi connectivity index (χ0) is 13.2. The number of carboxylic acids is 1. The number of carboxylic acid groups (broad SMARTS) is 1. The zero-order valence-corrected chi connectivity index (χ0v) is 14.0. The molecule has 0 aromatic carbocycles. The van der Waals surface area contributed by atoms with Crippen LogP contribution in [0, 0.1) is 5.92 Å². The number of β-lactam (4-membered cyclic amide) rings is 1. The monoisotopic (exact) mass is 301 g/mol. The van der Waals surface area contributed by atoms with Gasteiger partial charge < -0.3 is 14.8 Å². The van der Waals surface area contributed by atoms with Crippen molar-refractivity contribution in [3.05, 3.63) is 0 Å². The van der Waals surface area contributed by atoms with Gasteiger partial charge in [0.25, 0.3) is 0 Å². The second-order valence-electron chi connectivity index (χ2n) is 4.80. The molecule has 0 bridgehead atoms. The molecule has 0 N–H and O–H groups in total. The average molecular weight is 301 g/mol. The van der Waals surface area contributed by atoms with Crippen LogP contribution < -0.4 is 34.7 Å². The Morgan fingerprint density at radius 3 is 2.39 bits per heavy atom. The van der Waals surface area contributed by atoms with Crippen molar-refractivity contribution in [3.8, 4) is 0 Å². The maximum absolute atomic E-state index is 12.2. The van der Waals surface area contributed by atoms with Crippen LogP contribution in [0.2, 0.25) is 0 Å². The van der Waals surface area contributed by atoms with Gasteiger partial charge in [-0.25, -0.2) is 8.42 Å². The molecular formula is C9H12NNaO5S2. The number of thiol groups is 1. The fraction of sp³-hybridized carbons (Fsp3) is 0.778. The normalized spacial score (nSPS) is 35.4. The van der Waals surface area contributed by atoms with E-state index in [1.807, 2.05) is 0 Å². The number of rotatable bonds is 2. The number of hydrogen-bond acceptors (Lipinski definition) is 6. The van der Waals surface area contributed by atoms with E-state index in [1.54, 1.807) is 0 Å². The Morgan fingerprint density at radius 2 is 2.00 bits per heavy atom. The summed E-state index contributed by atoms with van der Waals surface area (Å²) in [6, 6.07) is -1.42. The number of aliphatic carboxylic acids is 1. The summed E-state index contributed by atoms with van der Waals surface area (Å²) >= 11 is 3.93. The van der Waals surface area contributed by atoms with Crippen LogP contribution in [-0.4, -0.2) is 47.1 Å². The molecule has 2 rings (SSSR count). The summed E-state index contributed by atoms with van der Waals surface area (Å²) in [5.41, 5.74) is 0. The van der Waals surface area contributed by atoms with Gasteiger partial charge in [-0.1, -0.05) is 0 Å². The van der Waals surface area contributed by atoms with Crippen LogP contribution in [0.5, 0.6) is 0 Å². The molecule has 6 nitrogen and oxygen atoms in total. The summed E-state index contributed by atoms with van der Waals surface area (Å²) in [4.78, 5) is 23.6. The average Bonchev–Trinajstić information content (AvgIpc) is 2.32. The quantitative estimate of drug-likeness (QED) is 0.313. The van der Waals surface area contributed by atoms with E-state index in [0.717, 1.165) is 4.90 Å². The van der Waals surface area contributed by atoms with Gasteiger partial charge in [-0.2, -0.15) is 12.6 Å². The van der Waals surface area contributed by atoms with E-state index < -0.39 is 43.8 Å². The second kappa shape index (κ2) is 4.66. The number of nitrogens with zero attached hydrogens (tertiary/aromatic N) is 1. The molecule has 0 aliphatic carbocycles. The summed E-state index contributed by atoms with van der Waals surface area (Å²) in [6.45, 7) is 2.62. The van der Waals surface area contributed by atoms with Crippen molar-refractivity contribution in [2.24, 2.45) is 5.92 Å². The van der Waals surface area contributed by atoms with Gasteiger partial charge >= 0.3 is 29.6 Å². The van der Waals surface area contributed by atoms with Gasteiger partial charge in [0, 0.05) is 5.75 Å². The van der Waals surface area contributed by atoms with Gasteiger partial charge in [0.05, 0.1) is 22.7 Å². The van der Waals surface area contributed by atoms with Gasteiger partial charge in [-0.05, 0) is 13.8 Å². The molecule has 1 amide bonds. The van der Waals surface area contributed by atoms with E-state index in [4.69, 9.17) is 0 Å². The summed E-state index contributed by atoms with van der Waals surface area (Å²) in [6.07, 6.45) is 0. The number of amides is 1. The molecule has 2 aliphatic rings. The molecule has 0 saturated carbocycles. The third-order valence-electron chi connectivity index (χ3n) is 3.60.